The van der Waals surface area contributed by atoms with Crippen LogP contribution in [0.4, 0.5) is 5.69 Å². The van der Waals surface area contributed by atoms with Crippen molar-refractivity contribution in [3.63, 3.8) is 0 Å². The third-order valence-electron chi connectivity index (χ3n) is 8.62. The molecule has 5 rings (SSSR count). The predicted molar refractivity (Wildman–Crippen MR) is 204 cm³/mol. The van der Waals surface area contributed by atoms with Crippen LogP contribution in [0, 0.1) is 5.92 Å². The number of sulfonamides is 1. The zero-order valence-electron chi connectivity index (χ0n) is 28.8. The Balaban J connectivity index is 1.42. The molecule has 0 aliphatic heterocycles. The van der Waals surface area contributed by atoms with E-state index >= 15 is 0 Å². The van der Waals surface area contributed by atoms with Gasteiger partial charge in [0.05, 0.1) is 41.8 Å². The quantitative estimate of drug-likeness (QED) is 0.115. The molecule has 270 valence electrons. The van der Waals surface area contributed by atoms with Crippen molar-refractivity contribution in [3.05, 3.63) is 116 Å². The van der Waals surface area contributed by atoms with Crippen molar-refractivity contribution in [2.24, 2.45) is 5.92 Å². The van der Waals surface area contributed by atoms with Gasteiger partial charge in [-0.05, 0) is 74.1 Å². The summed E-state index contributed by atoms with van der Waals surface area (Å²) in [4.78, 5) is 44.9. The van der Waals surface area contributed by atoms with Gasteiger partial charge in [0.2, 0.25) is 15.9 Å². The van der Waals surface area contributed by atoms with Crippen LogP contribution in [0.15, 0.2) is 88.2 Å². The number of benzene rings is 3. The maximum atomic E-state index is 14.0. The van der Waals surface area contributed by atoms with Crippen molar-refractivity contribution in [2.75, 3.05) is 23.7 Å². The minimum absolute atomic E-state index is 0.00182. The maximum absolute atomic E-state index is 14.0. The first-order chi connectivity index (χ1) is 24.4. The van der Waals surface area contributed by atoms with Gasteiger partial charge < -0.3 is 21.3 Å². The second-order valence-corrected chi connectivity index (χ2v) is 16.5. The lowest BCUT2D eigenvalue weighted by Crippen LogP contribution is -2.49. The normalized spacial score (nSPS) is 14.6. The highest BCUT2D eigenvalue weighted by Crippen LogP contribution is 2.28. The summed E-state index contributed by atoms with van der Waals surface area (Å²) in [6.07, 6.45) is 3.75. The van der Waals surface area contributed by atoms with Gasteiger partial charge in [-0.2, -0.15) is 0 Å². The summed E-state index contributed by atoms with van der Waals surface area (Å²) in [7, 11) is -3.85. The monoisotopic (exact) mass is 794 g/mol. The molecule has 0 radical (unpaired) electrons. The van der Waals surface area contributed by atoms with Crippen LogP contribution >= 0.6 is 27.3 Å². The Bertz CT molecular complexity index is 1910. The SMILES string of the molecule is C[C@H](NC[C@H](Cc1cscn1)NC(=O)c1cc(C(=O)N[C@H](C)c2ccc(Br)cc2)cc(N(Cc2ccccc2)S(C)(=O)=O)c1)C(=O)NCC1CC1. The second-order valence-electron chi connectivity index (χ2n) is 12.9. The summed E-state index contributed by atoms with van der Waals surface area (Å²) in [6, 6.07) is 19.7. The topological polar surface area (TPSA) is 150 Å². The van der Waals surface area contributed by atoms with Crippen molar-refractivity contribution >= 4 is 60.7 Å². The summed E-state index contributed by atoms with van der Waals surface area (Å²) in [5, 5.41) is 14.1. The van der Waals surface area contributed by atoms with Crippen molar-refractivity contribution < 1.29 is 22.8 Å². The fourth-order valence-electron chi connectivity index (χ4n) is 5.45. The third-order valence-corrected chi connectivity index (χ3v) is 10.9. The molecule has 11 nitrogen and oxygen atoms in total. The molecule has 4 N–H and O–H groups in total. The van der Waals surface area contributed by atoms with E-state index in [4.69, 9.17) is 0 Å². The van der Waals surface area contributed by atoms with E-state index in [1.54, 1.807) is 12.4 Å². The summed E-state index contributed by atoms with van der Waals surface area (Å²) in [5.41, 5.74) is 4.50. The summed E-state index contributed by atoms with van der Waals surface area (Å²) >= 11 is 4.87. The molecular weight excluding hydrogens is 752 g/mol. The molecule has 1 saturated carbocycles. The van der Waals surface area contributed by atoms with Crippen molar-refractivity contribution in [1.82, 2.24) is 26.3 Å². The van der Waals surface area contributed by atoms with Crippen LogP contribution in [0.5, 0.6) is 0 Å². The lowest BCUT2D eigenvalue weighted by molar-refractivity contribution is -0.122. The first-order valence-corrected chi connectivity index (χ1v) is 20.4. The molecule has 14 heteroatoms. The molecule has 1 aliphatic rings. The predicted octanol–water partition coefficient (Wildman–Crippen LogP) is 5.21. The number of halogens is 1. The van der Waals surface area contributed by atoms with Crippen LogP contribution in [0.2, 0.25) is 0 Å². The fourth-order valence-corrected chi connectivity index (χ4v) is 7.15. The Morgan fingerprint density at radius 1 is 0.961 bits per heavy atom. The Kier molecular flexibility index (Phi) is 13.0. The van der Waals surface area contributed by atoms with Crippen LogP contribution in [0.1, 0.15) is 70.3 Å². The van der Waals surface area contributed by atoms with E-state index in [1.165, 1.54) is 33.8 Å². The number of carbonyl (C=O) groups is 3. The molecule has 0 bridgehead atoms. The van der Waals surface area contributed by atoms with Crippen molar-refractivity contribution in [1.29, 1.82) is 0 Å². The Morgan fingerprint density at radius 2 is 1.63 bits per heavy atom. The third kappa shape index (κ3) is 11.4. The Labute approximate surface area is 311 Å². The number of nitrogens with one attached hydrogen (secondary N) is 4. The molecule has 3 atom stereocenters. The number of nitrogens with zero attached hydrogens (tertiary/aromatic N) is 2. The number of thiazole rings is 1. The van der Waals surface area contributed by atoms with Crippen LogP contribution in [-0.4, -0.2) is 62.6 Å². The molecule has 3 amide bonds. The standard InChI is InChI=1S/C37H43BrN6O5S2/c1-24(28-11-13-31(38)14-12-28)42-36(46)29-15-30(17-34(16-29)44(51(3,48)49)21-27-7-5-4-6-8-27)37(47)43-32(18-33-22-50-23-41-33)20-39-25(2)35(45)40-19-26-9-10-26/h4-8,11-17,22-26,32,39H,9-10,18-21H2,1-3H3,(H,40,45)(H,42,46)(H,43,47)/t24-,25+,32+/m1/s1. The number of amides is 3. The van der Waals surface area contributed by atoms with Gasteiger partial charge in [0.25, 0.3) is 11.8 Å². The van der Waals surface area contributed by atoms with Crippen LogP contribution in [-0.2, 0) is 27.8 Å². The zero-order chi connectivity index (χ0) is 36.5. The van der Waals surface area contributed by atoms with Crippen LogP contribution < -0.4 is 25.6 Å². The minimum atomic E-state index is -3.85. The summed E-state index contributed by atoms with van der Waals surface area (Å²) in [5.74, 6) is -0.536. The molecule has 1 heterocycles. The van der Waals surface area contributed by atoms with Gasteiger partial charge in [0.1, 0.15) is 0 Å². The number of anilines is 1. The summed E-state index contributed by atoms with van der Waals surface area (Å²) < 4.78 is 28.5. The molecule has 1 fully saturated rings. The zero-order valence-corrected chi connectivity index (χ0v) is 32.0. The van der Waals surface area contributed by atoms with Gasteiger partial charge in [-0.15, -0.1) is 11.3 Å². The number of hydrogen-bond acceptors (Lipinski definition) is 8. The van der Waals surface area contributed by atoms with E-state index in [1.807, 2.05) is 66.9 Å². The van der Waals surface area contributed by atoms with E-state index < -0.39 is 33.9 Å². The first-order valence-electron chi connectivity index (χ1n) is 16.8. The van der Waals surface area contributed by atoms with Crippen LogP contribution in [0.25, 0.3) is 0 Å². The van der Waals surface area contributed by atoms with E-state index in [-0.39, 0.29) is 41.9 Å². The molecule has 51 heavy (non-hydrogen) atoms. The highest BCUT2D eigenvalue weighted by molar-refractivity contribution is 9.10. The number of aromatic nitrogens is 1. The number of hydrogen-bond donors (Lipinski definition) is 4. The Hall–Kier alpha value is -4.11. The van der Waals surface area contributed by atoms with Gasteiger partial charge >= 0.3 is 0 Å². The molecule has 0 spiro atoms. The number of carbonyl (C=O) groups excluding carboxylic acids is 3. The average Bonchev–Trinajstić information content (AvgIpc) is 3.80. The van der Waals surface area contributed by atoms with E-state index in [0.717, 1.165) is 40.4 Å². The van der Waals surface area contributed by atoms with Gasteiger partial charge in [-0.1, -0.05) is 58.4 Å². The Morgan fingerprint density at radius 3 is 2.24 bits per heavy atom. The van der Waals surface area contributed by atoms with Gasteiger partial charge in [-0.25, -0.2) is 13.4 Å². The average molecular weight is 796 g/mol. The first kappa shape index (κ1) is 38.1. The van der Waals surface area contributed by atoms with E-state index in [2.05, 4.69) is 42.2 Å². The van der Waals surface area contributed by atoms with E-state index in [9.17, 15) is 22.8 Å². The smallest absolute Gasteiger partial charge is 0.251 e. The highest BCUT2D eigenvalue weighted by atomic mass is 79.9. The minimum Gasteiger partial charge on any atom is -0.354 e. The molecule has 3 aromatic carbocycles. The maximum Gasteiger partial charge on any atom is 0.251 e. The van der Waals surface area contributed by atoms with Gasteiger partial charge in [-0.3, -0.25) is 18.7 Å². The van der Waals surface area contributed by atoms with Crippen molar-refractivity contribution in [2.45, 2.75) is 57.8 Å². The molecule has 0 unspecified atom stereocenters. The molecule has 1 aromatic heterocycles. The molecule has 4 aromatic rings. The van der Waals surface area contributed by atoms with Gasteiger partial charge in [0.15, 0.2) is 0 Å². The molecule has 1 aliphatic carbocycles. The summed E-state index contributed by atoms with van der Waals surface area (Å²) in [6.45, 7) is 4.55. The fraction of sp³-hybridized carbons (Fsp3) is 0.351. The largest absolute Gasteiger partial charge is 0.354 e. The highest BCUT2D eigenvalue weighted by Gasteiger charge is 2.26. The second kappa shape index (κ2) is 17.4. The molecule has 0 saturated heterocycles. The van der Waals surface area contributed by atoms with E-state index in [0.29, 0.717) is 18.9 Å². The number of rotatable bonds is 17. The van der Waals surface area contributed by atoms with Crippen LogP contribution in [0.3, 0.4) is 0 Å². The van der Waals surface area contributed by atoms with Crippen molar-refractivity contribution in [3.8, 4) is 0 Å². The van der Waals surface area contributed by atoms with Gasteiger partial charge in [0, 0.05) is 46.5 Å². The lowest BCUT2D eigenvalue weighted by atomic mass is 10.0. The molecular formula is C37H43BrN6O5S2. The lowest BCUT2D eigenvalue weighted by Gasteiger charge is -2.25.